The van der Waals surface area contributed by atoms with E-state index in [0.717, 1.165) is 5.82 Å². The van der Waals surface area contributed by atoms with Gasteiger partial charge in [0, 0.05) is 24.0 Å². The van der Waals surface area contributed by atoms with E-state index in [4.69, 9.17) is 0 Å². The van der Waals surface area contributed by atoms with Crippen molar-refractivity contribution in [2.45, 2.75) is 39.7 Å². The van der Waals surface area contributed by atoms with Crippen LogP contribution in [0.5, 0.6) is 0 Å². The Kier molecular flexibility index (Phi) is 4.69. The van der Waals surface area contributed by atoms with Gasteiger partial charge in [0.15, 0.2) is 0 Å². The minimum atomic E-state index is 0.542. The van der Waals surface area contributed by atoms with Crippen LogP contribution in [0.1, 0.15) is 44.1 Å². The number of aryl methyl sites for hydroxylation is 1. The Bertz CT molecular complexity index is 281. The molecule has 0 unspecified atom stereocenters. The highest BCUT2D eigenvalue weighted by molar-refractivity contribution is 5.12. The molecule has 1 aliphatic rings. The molecule has 0 aromatic carbocycles. The van der Waals surface area contributed by atoms with Gasteiger partial charge in [-0.3, -0.25) is 4.90 Å². The summed E-state index contributed by atoms with van der Waals surface area (Å²) in [6, 6.07) is 0.542. The van der Waals surface area contributed by atoms with Crippen LogP contribution in [0.15, 0.2) is 12.4 Å². The number of nitrogens with zero attached hydrogens (tertiary/aromatic N) is 3. The molecule has 0 bridgehead atoms. The molecule has 1 fully saturated rings. The van der Waals surface area contributed by atoms with Gasteiger partial charge in [-0.1, -0.05) is 13.8 Å². The van der Waals surface area contributed by atoms with Gasteiger partial charge in [0.05, 0.1) is 0 Å². The summed E-state index contributed by atoms with van der Waals surface area (Å²) in [6.45, 7) is 7.11. The van der Waals surface area contributed by atoms with Crippen molar-refractivity contribution in [1.29, 1.82) is 0 Å². The maximum atomic E-state index is 4.22. The second-order valence-electron chi connectivity index (χ2n) is 3.70. The summed E-state index contributed by atoms with van der Waals surface area (Å²) in [5.41, 5.74) is 1.26. The number of aromatic nitrogens is 2. The van der Waals surface area contributed by atoms with E-state index in [-0.39, 0.29) is 0 Å². The van der Waals surface area contributed by atoms with Gasteiger partial charge >= 0.3 is 0 Å². The van der Waals surface area contributed by atoms with Gasteiger partial charge in [0.25, 0.3) is 0 Å². The molecule has 0 aliphatic carbocycles. The van der Waals surface area contributed by atoms with Crippen LogP contribution in [0, 0.1) is 6.92 Å². The molecule has 0 N–H and O–H groups in total. The number of likely N-dealkylation sites (tertiary alicyclic amines) is 1. The number of hydrogen-bond acceptors (Lipinski definition) is 3. The zero-order valence-corrected chi connectivity index (χ0v) is 10.2. The average Bonchev–Trinajstić information content (AvgIpc) is 2.69. The number of hydrogen-bond donors (Lipinski definition) is 0. The Morgan fingerprint density at radius 2 is 1.87 bits per heavy atom. The van der Waals surface area contributed by atoms with Crippen molar-refractivity contribution in [1.82, 2.24) is 14.9 Å². The predicted octanol–water partition coefficient (Wildman–Crippen LogP) is 2.58. The van der Waals surface area contributed by atoms with Crippen molar-refractivity contribution in [3.05, 3.63) is 23.8 Å². The molecule has 3 nitrogen and oxygen atoms in total. The van der Waals surface area contributed by atoms with Crippen LogP contribution in [-0.4, -0.2) is 28.5 Å². The van der Waals surface area contributed by atoms with Crippen molar-refractivity contribution in [2.75, 3.05) is 13.6 Å². The first-order valence-corrected chi connectivity index (χ1v) is 5.76. The van der Waals surface area contributed by atoms with Crippen molar-refractivity contribution < 1.29 is 0 Å². The van der Waals surface area contributed by atoms with Gasteiger partial charge < -0.3 is 0 Å². The fraction of sp³-hybridized carbons (Fsp3) is 0.667. The first-order valence-electron chi connectivity index (χ1n) is 5.76. The SMILES string of the molecule is CC.Cc1ncc([C@H]2CCCN2C)cn1. The van der Waals surface area contributed by atoms with Crippen LogP contribution in [0.2, 0.25) is 0 Å². The molecule has 1 atom stereocenters. The third-order valence-corrected chi connectivity index (χ3v) is 2.71. The Balaban J connectivity index is 0.000000531. The Morgan fingerprint density at radius 3 is 2.33 bits per heavy atom. The Morgan fingerprint density at radius 1 is 1.27 bits per heavy atom. The van der Waals surface area contributed by atoms with Crippen LogP contribution in [0.4, 0.5) is 0 Å². The molecule has 2 heterocycles. The summed E-state index contributed by atoms with van der Waals surface area (Å²) in [4.78, 5) is 10.8. The van der Waals surface area contributed by atoms with Gasteiger partial charge in [0.2, 0.25) is 0 Å². The van der Waals surface area contributed by atoms with Crippen molar-refractivity contribution >= 4 is 0 Å². The van der Waals surface area contributed by atoms with E-state index in [1.807, 2.05) is 33.2 Å². The molecular weight excluding hydrogens is 186 g/mol. The molecule has 1 aliphatic heterocycles. The first kappa shape index (κ1) is 12.1. The molecule has 1 saturated heterocycles. The van der Waals surface area contributed by atoms with E-state index in [9.17, 15) is 0 Å². The molecule has 3 heteroatoms. The molecular formula is C12H21N3. The molecule has 1 aromatic rings. The molecule has 0 amide bonds. The Labute approximate surface area is 92.6 Å². The maximum Gasteiger partial charge on any atom is 0.125 e. The molecule has 0 spiro atoms. The highest BCUT2D eigenvalue weighted by Crippen LogP contribution is 2.28. The first-order chi connectivity index (χ1) is 7.27. The lowest BCUT2D eigenvalue weighted by atomic mass is 10.1. The zero-order chi connectivity index (χ0) is 11.3. The summed E-state index contributed by atoms with van der Waals surface area (Å²) in [7, 11) is 2.16. The van der Waals surface area contributed by atoms with Crippen molar-refractivity contribution in [3.8, 4) is 0 Å². The topological polar surface area (TPSA) is 29.0 Å². The normalized spacial score (nSPS) is 20.9. The van der Waals surface area contributed by atoms with Crippen LogP contribution in [0.25, 0.3) is 0 Å². The van der Waals surface area contributed by atoms with Crippen molar-refractivity contribution in [2.24, 2.45) is 0 Å². The lowest BCUT2D eigenvalue weighted by Crippen LogP contribution is -2.17. The predicted molar refractivity (Wildman–Crippen MR) is 62.7 cm³/mol. The molecule has 1 aromatic heterocycles. The van der Waals surface area contributed by atoms with Crippen molar-refractivity contribution in [3.63, 3.8) is 0 Å². The molecule has 0 radical (unpaired) electrons. The molecule has 84 valence electrons. The summed E-state index contributed by atoms with van der Waals surface area (Å²) in [5.74, 6) is 0.851. The van der Waals surface area contributed by atoms with Crippen LogP contribution >= 0.6 is 0 Å². The fourth-order valence-corrected chi connectivity index (χ4v) is 1.91. The van der Waals surface area contributed by atoms with Gasteiger partial charge in [-0.15, -0.1) is 0 Å². The highest BCUT2D eigenvalue weighted by atomic mass is 15.1. The quantitative estimate of drug-likeness (QED) is 0.708. The van der Waals surface area contributed by atoms with Gasteiger partial charge in [-0.2, -0.15) is 0 Å². The van der Waals surface area contributed by atoms with E-state index >= 15 is 0 Å². The van der Waals surface area contributed by atoms with E-state index < -0.39 is 0 Å². The van der Waals surface area contributed by atoms with Crippen LogP contribution < -0.4 is 0 Å². The molecule has 0 saturated carbocycles. The third kappa shape index (κ3) is 2.99. The summed E-state index contributed by atoms with van der Waals surface area (Å²) >= 11 is 0. The summed E-state index contributed by atoms with van der Waals surface area (Å²) in [6.07, 6.45) is 6.43. The minimum Gasteiger partial charge on any atom is -0.299 e. The summed E-state index contributed by atoms with van der Waals surface area (Å²) < 4.78 is 0. The Hall–Kier alpha value is -0.960. The van der Waals surface area contributed by atoms with Gasteiger partial charge in [0.1, 0.15) is 5.82 Å². The largest absolute Gasteiger partial charge is 0.299 e. The molecule has 2 rings (SSSR count). The van der Waals surface area contributed by atoms with E-state index in [2.05, 4.69) is 21.9 Å². The summed E-state index contributed by atoms with van der Waals surface area (Å²) in [5, 5.41) is 0. The highest BCUT2D eigenvalue weighted by Gasteiger charge is 2.22. The monoisotopic (exact) mass is 207 g/mol. The maximum absolute atomic E-state index is 4.22. The standard InChI is InChI=1S/C10H15N3.C2H6/c1-8-11-6-9(7-12-8)10-4-3-5-13(10)2;1-2/h6-7,10H,3-5H2,1-2H3;1-2H3/t10-;/m1./s1. The number of rotatable bonds is 1. The second-order valence-corrected chi connectivity index (χ2v) is 3.70. The van der Waals surface area contributed by atoms with Crippen LogP contribution in [-0.2, 0) is 0 Å². The zero-order valence-electron chi connectivity index (χ0n) is 10.2. The van der Waals surface area contributed by atoms with Gasteiger partial charge in [-0.05, 0) is 33.4 Å². The second kappa shape index (κ2) is 5.81. The van der Waals surface area contributed by atoms with Gasteiger partial charge in [-0.25, -0.2) is 9.97 Å². The van der Waals surface area contributed by atoms with E-state index in [0.29, 0.717) is 6.04 Å². The van der Waals surface area contributed by atoms with E-state index in [1.165, 1.54) is 24.9 Å². The third-order valence-electron chi connectivity index (χ3n) is 2.71. The lowest BCUT2D eigenvalue weighted by molar-refractivity contribution is 0.316. The smallest absolute Gasteiger partial charge is 0.125 e. The lowest BCUT2D eigenvalue weighted by Gasteiger charge is -2.18. The molecule has 15 heavy (non-hydrogen) atoms. The fourth-order valence-electron chi connectivity index (χ4n) is 1.91. The van der Waals surface area contributed by atoms with E-state index in [1.54, 1.807) is 0 Å². The van der Waals surface area contributed by atoms with Crippen LogP contribution in [0.3, 0.4) is 0 Å². The minimum absolute atomic E-state index is 0.542. The average molecular weight is 207 g/mol.